The highest BCUT2D eigenvalue weighted by molar-refractivity contribution is 6.32. The fraction of sp³-hybridized carbons (Fsp3) is 0.300. The van der Waals surface area contributed by atoms with Gasteiger partial charge < -0.3 is 15.5 Å². The van der Waals surface area contributed by atoms with Gasteiger partial charge in [0.2, 0.25) is 0 Å². The van der Waals surface area contributed by atoms with E-state index >= 15 is 0 Å². The number of benzene rings is 2. The molecule has 2 aromatic rings. The summed E-state index contributed by atoms with van der Waals surface area (Å²) in [5.74, 6) is 0.356. The van der Waals surface area contributed by atoms with E-state index < -0.39 is 0 Å². The van der Waals surface area contributed by atoms with Crippen LogP contribution in [-0.4, -0.2) is 24.3 Å². The van der Waals surface area contributed by atoms with Crippen LogP contribution in [0.15, 0.2) is 48.5 Å². The molecule has 1 unspecified atom stereocenters. The minimum absolute atomic E-state index is 0.0139. The second-order valence-electron chi connectivity index (χ2n) is 6.11. The topological polar surface area (TPSA) is 62.2 Å². The lowest BCUT2D eigenvalue weighted by molar-refractivity contribution is 0.0938. The fourth-order valence-corrected chi connectivity index (χ4v) is 2.72. The van der Waals surface area contributed by atoms with Crippen LogP contribution in [0.4, 0.5) is 0 Å². The lowest BCUT2D eigenvalue weighted by atomic mass is 10.0. The van der Waals surface area contributed by atoms with Crippen molar-refractivity contribution in [2.45, 2.75) is 38.8 Å². The van der Waals surface area contributed by atoms with Crippen molar-refractivity contribution in [2.75, 3.05) is 0 Å². The van der Waals surface area contributed by atoms with Gasteiger partial charge in [0.1, 0.15) is 5.75 Å². The summed E-state index contributed by atoms with van der Waals surface area (Å²) in [6.45, 7) is 3.84. The Balaban J connectivity index is 2.07. The Morgan fingerprint density at radius 1 is 1.24 bits per heavy atom. The normalized spacial score (nSPS) is 11.8. The van der Waals surface area contributed by atoms with Crippen LogP contribution in [0.2, 0.25) is 5.02 Å². The summed E-state index contributed by atoms with van der Waals surface area (Å²) in [4.78, 5) is 12.5. The van der Waals surface area contributed by atoms with Crippen LogP contribution in [0, 0.1) is 5.41 Å². The van der Waals surface area contributed by atoms with Crippen LogP contribution in [0.5, 0.6) is 5.75 Å². The van der Waals surface area contributed by atoms with Crippen molar-refractivity contribution in [1.82, 2.24) is 5.32 Å². The smallest absolute Gasteiger partial charge is 0.251 e. The Bertz CT molecular complexity index is 717. The van der Waals surface area contributed by atoms with Crippen molar-refractivity contribution in [1.29, 1.82) is 5.41 Å². The molecular weight excluding hydrogens is 336 g/mol. The summed E-state index contributed by atoms with van der Waals surface area (Å²) in [6.07, 6.45) is 2.48. The largest absolute Gasteiger partial charge is 0.489 e. The maximum Gasteiger partial charge on any atom is 0.251 e. The third kappa shape index (κ3) is 5.91. The molecule has 2 rings (SSSR count). The van der Waals surface area contributed by atoms with Gasteiger partial charge in [-0.3, -0.25) is 4.79 Å². The molecule has 0 fully saturated rings. The summed E-state index contributed by atoms with van der Waals surface area (Å²) in [7, 11) is 0. The van der Waals surface area contributed by atoms with Gasteiger partial charge >= 0.3 is 0 Å². The number of hydrogen-bond donors (Lipinski definition) is 2. The maximum atomic E-state index is 12.5. The maximum absolute atomic E-state index is 12.5. The molecule has 0 aliphatic carbocycles. The molecule has 5 heteroatoms. The molecule has 2 N–H and O–H groups in total. The molecule has 4 nitrogen and oxygen atoms in total. The number of hydrogen-bond acceptors (Lipinski definition) is 3. The number of ether oxygens (including phenoxy) is 1. The third-order valence-corrected chi connectivity index (χ3v) is 3.91. The van der Waals surface area contributed by atoms with Gasteiger partial charge in [0.15, 0.2) is 0 Å². The molecule has 1 atom stereocenters. The molecule has 0 aromatic heterocycles. The molecule has 0 saturated heterocycles. The van der Waals surface area contributed by atoms with E-state index in [2.05, 4.69) is 5.32 Å². The van der Waals surface area contributed by atoms with Crippen molar-refractivity contribution in [3.63, 3.8) is 0 Å². The number of amides is 1. The lowest BCUT2D eigenvalue weighted by Crippen LogP contribution is -2.36. The van der Waals surface area contributed by atoms with E-state index in [1.54, 1.807) is 18.2 Å². The van der Waals surface area contributed by atoms with Crippen molar-refractivity contribution in [2.24, 2.45) is 0 Å². The van der Waals surface area contributed by atoms with Gasteiger partial charge in [0.05, 0.1) is 11.1 Å². The van der Waals surface area contributed by atoms with E-state index in [9.17, 15) is 4.79 Å². The van der Waals surface area contributed by atoms with E-state index in [-0.39, 0.29) is 18.1 Å². The molecule has 0 radical (unpaired) electrons. The van der Waals surface area contributed by atoms with Gasteiger partial charge in [-0.25, -0.2) is 0 Å². The quantitative estimate of drug-likeness (QED) is 0.682. The Labute approximate surface area is 153 Å². The first-order valence-electron chi connectivity index (χ1n) is 8.29. The summed E-state index contributed by atoms with van der Waals surface area (Å²) in [6, 6.07) is 14.8. The molecule has 0 saturated carbocycles. The SMILES string of the molecule is CC(C)Oc1ccc(C(=O)NC(CC=N)Cc2ccccc2)cc1Cl. The van der Waals surface area contributed by atoms with E-state index in [4.69, 9.17) is 21.7 Å². The molecule has 25 heavy (non-hydrogen) atoms. The average Bonchev–Trinajstić information content (AvgIpc) is 2.57. The molecule has 132 valence electrons. The number of carbonyl (C=O) groups is 1. The van der Waals surface area contributed by atoms with Gasteiger partial charge in [-0.05, 0) is 50.2 Å². The first-order chi connectivity index (χ1) is 12.0. The molecule has 1 amide bonds. The number of rotatable bonds is 8. The standard InChI is InChI=1S/C20H23ClN2O2/c1-14(2)25-19-9-8-16(13-18(19)21)20(24)23-17(10-11-22)12-15-6-4-3-5-7-15/h3-9,11,13-14,17,22H,10,12H2,1-2H3,(H,23,24). The molecular formula is C20H23ClN2O2. The molecule has 0 aliphatic rings. The Morgan fingerprint density at radius 2 is 1.96 bits per heavy atom. The molecule has 0 heterocycles. The summed E-state index contributed by atoms with van der Waals surface area (Å²) < 4.78 is 5.58. The second-order valence-corrected chi connectivity index (χ2v) is 6.52. The monoisotopic (exact) mass is 358 g/mol. The van der Waals surface area contributed by atoms with Crippen LogP contribution < -0.4 is 10.1 Å². The zero-order chi connectivity index (χ0) is 18.2. The van der Waals surface area contributed by atoms with Crippen molar-refractivity contribution in [3.05, 3.63) is 64.7 Å². The van der Waals surface area contributed by atoms with Gasteiger partial charge in [-0.2, -0.15) is 0 Å². The second kappa shape index (κ2) is 9.23. The number of halogens is 1. The lowest BCUT2D eigenvalue weighted by Gasteiger charge is -2.18. The Kier molecular flexibility index (Phi) is 7.02. The zero-order valence-corrected chi connectivity index (χ0v) is 15.2. The Morgan fingerprint density at radius 3 is 2.56 bits per heavy atom. The summed E-state index contributed by atoms with van der Waals surface area (Å²) >= 11 is 6.20. The Hall–Kier alpha value is -2.33. The predicted octanol–water partition coefficient (Wildman–Crippen LogP) is 4.51. The summed E-state index contributed by atoms with van der Waals surface area (Å²) in [5, 5.41) is 10.8. The minimum atomic E-state index is -0.208. The highest BCUT2D eigenvalue weighted by atomic mass is 35.5. The van der Waals surface area contributed by atoms with E-state index in [1.807, 2.05) is 44.2 Å². The van der Waals surface area contributed by atoms with E-state index in [0.717, 1.165) is 5.56 Å². The average molecular weight is 359 g/mol. The molecule has 0 bridgehead atoms. The first-order valence-corrected chi connectivity index (χ1v) is 8.67. The molecule has 0 aliphatic heterocycles. The van der Waals surface area contributed by atoms with Crippen molar-refractivity contribution >= 4 is 23.7 Å². The van der Waals surface area contributed by atoms with Gasteiger partial charge in [-0.1, -0.05) is 41.9 Å². The molecule has 0 spiro atoms. The van der Waals surface area contributed by atoms with Crippen LogP contribution in [0.25, 0.3) is 0 Å². The van der Waals surface area contributed by atoms with Crippen LogP contribution in [-0.2, 0) is 6.42 Å². The van der Waals surface area contributed by atoms with E-state index in [0.29, 0.717) is 29.2 Å². The zero-order valence-electron chi connectivity index (χ0n) is 14.5. The predicted molar refractivity (Wildman–Crippen MR) is 102 cm³/mol. The fourth-order valence-electron chi connectivity index (χ4n) is 2.49. The van der Waals surface area contributed by atoms with Gasteiger partial charge in [-0.15, -0.1) is 0 Å². The van der Waals surface area contributed by atoms with Crippen molar-refractivity contribution < 1.29 is 9.53 Å². The van der Waals surface area contributed by atoms with Crippen LogP contribution in [0.3, 0.4) is 0 Å². The first kappa shape index (κ1) is 19.0. The van der Waals surface area contributed by atoms with Crippen molar-refractivity contribution in [3.8, 4) is 5.75 Å². The summed E-state index contributed by atoms with van der Waals surface area (Å²) in [5.41, 5.74) is 1.59. The number of nitrogens with one attached hydrogen (secondary N) is 2. The number of carbonyl (C=O) groups excluding carboxylic acids is 1. The van der Waals surface area contributed by atoms with Gasteiger partial charge in [0, 0.05) is 18.0 Å². The third-order valence-electron chi connectivity index (χ3n) is 3.62. The van der Waals surface area contributed by atoms with Crippen LogP contribution >= 0.6 is 11.6 Å². The van der Waals surface area contributed by atoms with Crippen LogP contribution in [0.1, 0.15) is 36.2 Å². The van der Waals surface area contributed by atoms with E-state index in [1.165, 1.54) is 6.21 Å². The van der Waals surface area contributed by atoms with Gasteiger partial charge in [0.25, 0.3) is 5.91 Å². The highest BCUT2D eigenvalue weighted by Crippen LogP contribution is 2.26. The minimum Gasteiger partial charge on any atom is -0.489 e. The molecule has 2 aromatic carbocycles. The highest BCUT2D eigenvalue weighted by Gasteiger charge is 2.15.